The maximum Gasteiger partial charge on any atom is 0.219 e. The fourth-order valence-electron chi connectivity index (χ4n) is 5.63. The Morgan fingerprint density at radius 3 is 2.10 bits per heavy atom. The van der Waals surface area contributed by atoms with Crippen LogP contribution in [-0.4, -0.2) is 14.5 Å². The van der Waals surface area contributed by atoms with E-state index in [9.17, 15) is 0 Å². The lowest BCUT2D eigenvalue weighted by atomic mass is 9.75. The van der Waals surface area contributed by atoms with Crippen molar-refractivity contribution in [3.63, 3.8) is 0 Å². The molecule has 0 aliphatic carbocycles. The Balaban J connectivity index is 1.59. The number of hydrogen-bond donors (Lipinski definition) is 0. The molecule has 0 N–H and O–H groups in total. The van der Waals surface area contributed by atoms with Crippen LogP contribution in [0.15, 0.2) is 103 Å². The van der Waals surface area contributed by atoms with E-state index in [2.05, 4.69) is 112 Å². The van der Waals surface area contributed by atoms with Crippen LogP contribution >= 0.6 is 0 Å². The molecule has 3 aromatic carbocycles. The predicted octanol–water partition coefficient (Wildman–Crippen LogP) is 9.63. The van der Waals surface area contributed by atoms with Crippen LogP contribution in [-0.2, 0) is 10.8 Å². The standard InChI is InChI=1S/C36H35N3O/c1-35(2,3)29-19-21-38-34(33(29)36(4,5)6)39-30-15-8-7-14-27(30)28-18-17-25(23-31(28)39)24-12-11-13-26(22-24)40-32-16-9-10-20-37-32/h7-23H,1-6H3. The van der Waals surface area contributed by atoms with Gasteiger partial charge in [-0.3, -0.25) is 4.57 Å². The molecular formula is C36H35N3O. The Bertz CT molecular complexity index is 1840. The lowest BCUT2D eigenvalue weighted by Crippen LogP contribution is -2.25. The summed E-state index contributed by atoms with van der Waals surface area (Å²) < 4.78 is 8.40. The molecule has 6 aromatic rings. The number of pyridine rings is 2. The highest BCUT2D eigenvalue weighted by molar-refractivity contribution is 6.10. The fourth-order valence-corrected chi connectivity index (χ4v) is 5.63. The van der Waals surface area contributed by atoms with E-state index in [1.165, 1.54) is 21.9 Å². The van der Waals surface area contributed by atoms with Crippen LogP contribution in [0.2, 0.25) is 0 Å². The lowest BCUT2D eigenvalue weighted by Gasteiger charge is -2.32. The van der Waals surface area contributed by atoms with Gasteiger partial charge >= 0.3 is 0 Å². The molecular weight excluding hydrogens is 490 g/mol. The molecule has 0 radical (unpaired) electrons. The van der Waals surface area contributed by atoms with Gasteiger partial charge in [0.1, 0.15) is 11.6 Å². The number of benzene rings is 3. The summed E-state index contributed by atoms with van der Waals surface area (Å²) in [5, 5.41) is 2.43. The second kappa shape index (κ2) is 9.63. The van der Waals surface area contributed by atoms with Crippen molar-refractivity contribution in [2.24, 2.45) is 0 Å². The van der Waals surface area contributed by atoms with Gasteiger partial charge in [-0.2, -0.15) is 0 Å². The highest BCUT2D eigenvalue weighted by Gasteiger charge is 2.30. The van der Waals surface area contributed by atoms with E-state index < -0.39 is 0 Å². The molecule has 0 spiro atoms. The molecule has 0 amide bonds. The zero-order valence-corrected chi connectivity index (χ0v) is 24.1. The van der Waals surface area contributed by atoms with Crippen molar-refractivity contribution < 1.29 is 4.74 Å². The van der Waals surface area contributed by atoms with Crippen LogP contribution in [0, 0.1) is 0 Å². The van der Waals surface area contributed by atoms with Crippen molar-refractivity contribution in [2.45, 2.75) is 52.4 Å². The van der Waals surface area contributed by atoms with E-state index in [-0.39, 0.29) is 10.8 Å². The number of ether oxygens (including phenoxy) is 1. The van der Waals surface area contributed by atoms with Gasteiger partial charge in [-0.25, -0.2) is 9.97 Å². The molecule has 6 rings (SSSR count). The van der Waals surface area contributed by atoms with Gasteiger partial charge < -0.3 is 4.74 Å². The second-order valence-electron chi connectivity index (χ2n) is 12.4. The summed E-state index contributed by atoms with van der Waals surface area (Å²) in [5.74, 6) is 2.33. The number of aromatic nitrogens is 3. The molecule has 4 heteroatoms. The fraction of sp³-hybridized carbons (Fsp3) is 0.222. The molecule has 0 unspecified atom stereocenters. The number of fused-ring (bicyclic) bond motifs is 3. The Kier molecular flexibility index (Phi) is 6.22. The third kappa shape index (κ3) is 4.64. The number of nitrogens with zero attached hydrogens (tertiary/aromatic N) is 3. The first-order valence-corrected chi connectivity index (χ1v) is 13.8. The van der Waals surface area contributed by atoms with Gasteiger partial charge in [0.2, 0.25) is 5.88 Å². The third-order valence-electron chi connectivity index (χ3n) is 7.40. The SMILES string of the molecule is CC(C)(C)c1ccnc(-n2c3ccccc3c3ccc(-c4cccc(Oc5ccccn5)c4)cc32)c1C(C)(C)C. The quantitative estimate of drug-likeness (QED) is 0.230. The van der Waals surface area contributed by atoms with E-state index in [0.717, 1.165) is 33.7 Å². The second-order valence-corrected chi connectivity index (χ2v) is 12.4. The van der Waals surface area contributed by atoms with Crippen LogP contribution in [0.4, 0.5) is 0 Å². The minimum Gasteiger partial charge on any atom is -0.439 e. The predicted molar refractivity (Wildman–Crippen MR) is 166 cm³/mol. The summed E-state index contributed by atoms with van der Waals surface area (Å²) in [6.07, 6.45) is 3.70. The molecule has 0 aliphatic rings. The van der Waals surface area contributed by atoms with E-state index in [1.807, 2.05) is 36.5 Å². The molecule has 0 saturated carbocycles. The Morgan fingerprint density at radius 2 is 1.35 bits per heavy atom. The third-order valence-corrected chi connectivity index (χ3v) is 7.40. The van der Waals surface area contributed by atoms with Crippen LogP contribution in [0.5, 0.6) is 11.6 Å². The summed E-state index contributed by atoms with van der Waals surface area (Å²) in [4.78, 5) is 9.37. The van der Waals surface area contributed by atoms with Gasteiger partial charge in [0.25, 0.3) is 0 Å². The molecule has 0 atom stereocenters. The summed E-state index contributed by atoms with van der Waals surface area (Å²) in [6, 6.07) is 31.4. The minimum absolute atomic E-state index is 0.0156. The molecule has 0 fully saturated rings. The zero-order chi connectivity index (χ0) is 28.1. The Hall–Kier alpha value is -4.44. The van der Waals surface area contributed by atoms with Gasteiger partial charge in [0.05, 0.1) is 11.0 Å². The van der Waals surface area contributed by atoms with E-state index >= 15 is 0 Å². The maximum absolute atomic E-state index is 6.04. The van der Waals surface area contributed by atoms with Gasteiger partial charge in [0.15, 0.2) is 0 Å². The molecule has 0 bridgehead atoms. The molecule has 4 nitrogen and oxygen atoms in total. The number of hydrogen-bond acceptors (Lipinski definition) is 3. The van der Waals surface area contributed by atoms with Crippen molar-refractivity contribution in [1.82, 2.24) is 14.5 Å². The van der Waals surface area contributed by atoms with E-state index in [0.29, 0.717) is 5.88 Å². The monoisotopic (exact) mass is 525 g/mol. The van der Waals surface area contributed by atoms with Crippen LogP contribution in [0.3, 0.4) is 0 Å². The molecule has 40 heavy (non-hydrogen) atoms. The van der Waals surface area contributed by atoms with Gasteiger partial charge in [-0.05, 0) is 63.9 Å². The van der Waals surface area contributed by atoms with Crippen LogP contribution in [0.25, 0.3) is 38.8 Å². The smallest absolute Gasteiger partial charge is 0.219 e. The summed E-state index contributed by atoms with van der Waals surface area (Å²) >= 11 is 0. The average Bonchev–Trinajstić information content (AvgIpc) is 3.26. The molecule has 0 saturated heterocycles. The van der Waals surface area contributed by atoms with Gasteiger partial charge in [-0.1, -0.05) is 90.1 Å². The molecule has 200 valence electrons. The summed E-state index contributed by atoms with van der Waals surface area (Å²) in [7, 11) is 0. The van der Waals surface area contributed by atoms with Crippen molar-refractivity contribution in [3.05, 3.63) is 115 Å². The van der Waals surface area contributed by atoms with Crippen LogP contribution in [0.1, 0.15) is 52.7 Å². The van der Waals surface area contributed by atoms with Crippen molar-refractivity contribution in [2.75, 3.05) is 0 Å². The maximum atomic E-state index is 6.04. The van der Waals surface area contributed by atoms with Gasteiger partial charge in [-0.15, -0.1) is 0 Å². The van der Waals surface area contributed by atoms with E-state index in [1.54, 1.807) is 6.20 Å². The lowest BCUT2D eigenvalue weighted by molar-refractivity contribution is 0.463. The Morgan fingerprint density at radius 1 is 0.600 bits per heavy atom. The molecule has 3 aromatic heterocycles. The van der Waals surface area contributed by atoms with Crippen LogP contribution < -0.4 is 4.74 Å². The normalized spacial score (nSPS) is 12.2. The van der Waals surface area contributed by atoms with E-state index in [4.69, 9.17) is 9.72 Å². The Labute approximate surface area is 236 Å². The van der Waals surface area contributed by atoms with Gasteiger partial charge in [0, 0.05) is 34.8 Å². The van der Waals surface area contributed by atoms with Crippen molar-refractivity contribution in [3.8, 4) is 28.6 Å². The zero-order valence-electron chi connectivity index (χ0n) is 24.1. The number of rotatable bonds is 4. The highest BCUT2D eigenvalue weighted by Crippen LogP contribution is 2.41. The molecule has 3 heterocycles. The first-order chi connectivity index (χ1) is 19.1. The summed E-state index contributed by atoms with van der Waals surface area (Å²) in [5.41, 5.74) is 6.99. The molecule has 0 aliphatic heterocycles. The largest absolute Gasteiger partial charge is 0.439 e. The first kappa shape index (κ1) is 25.8. The number of para-hydroxylation sites is 1. The average molecular weight is 526 g/mol. The topological polar surface area (TPSA) is 39.9 Å². The van der Waals surface area contributed by atoms with Crippen molar-refractivity contribution in [1.29, 1.82) is 0 Å². The highest BCUT2D eigenvalue weighted by atomic mass is 16.5. The first-order valence-electron chi connectivity index (χ1n) is 13.8. The summed E-state index contributed by atoms with van der Waals surface area (Å²) in [6.45, 7) is 13.7. The van der Waals surface area contributed by atoms with Crippen molar-refractivity contribution >= 4 is 21.8 Å². The minimum atomic E-state index is -0.0986.